The fraction of sp³-hybridized carbons (Fsp3) is 0.207. The van der Waals surface area contributed by atoms with E-state index in [0.717, 1.165) is 22.2 Å². The number of rotatable bonds is 11. The molecule has 1 heterocycles. The van der Waals surface area contributed by atoms with Gasteiger partial charge in [-0.05, 0) is 36.4 Å². The molecule has 0 atom stereocenters. The minimum atomic E-state index is -0.879. The Morgan fingerprint density at radius 2 is 1.58 bits per heavy atom. The maximum absolute atomic E-state index is 10.2. The Bertz CT molecular complexity index is 1370. The van der Waals surface area contributed by atoms with Crippen molar-refractivity contribution < 1.29 is 28.8 Å². The number of hydrogen-bond acceptors (Lipinski definition) is 8. The van der Waals surface area contributed by atoms with Gasteiger partial charge in [0.15, 0.2) is 11.5 Å². The Morgan fingerprint density at radius 1 is 0.895 bits per heavy atom. The molecule has 9 nitrogen and oxygen atoms in total. The molecule has 0 spiro atoms. The normalized spacial score (nSPS) is 10.1. The number of ether oxygens (including phenoxy) is 4. The summed E-state index contributed by atoms with van der Waals surface area (Å²) in [5.41, 5.74) is 2.67. The predicted octanol–water partition coefficient (Wildman–Crippen LogP) is 4.79. The van der Waals surface area contributed by atoms with Crippen LogP contribution in [0.25, 0.3) is 10.9 Å². The van der Waals surface area contributed by atoms with E-state index in [1.807, 2.05) is 36.4 Å². The molecule has 0 radical (unpaired) electrons. The van der Waals surface area contributed by atoms with Crippen LogP contribution in [0.3, 0.4) is 0 Å². The minimum absolute atomic E-state index is 0.331. The second kappa shape index (κ2) is 14.8. The SMILES string of the molecule is C#Cc1cccc(Nc2ncnc3cc(OCCOC)c(OCCOC)cc23)c1.O=C(O)c1ccccc1. The molecule has 0 saturated heterocycles. The van der Waals surface area contributed by atoms with Crippen LogP contribution < -0.4 is 14.8 Å². The van der Waals surface area contributed by atoms with Crippen LogP contribution in [0, 0.1) is 12.3 Å². The van der Waals surface area contributed by atoms with Gasteiger partial charge in [0.25, 0.3) is 0 Å². The average Bonchev–Trinajstić information content (AvgIpc) is 2.94. The van der Waals surface area contributed by atoms with Gasteiger partial charge in [0.05, 0.1) is 24.3 Å². The smallest absolute Gasteiger partial charge is 0.335 e. The molecule has 4 rings (SSSR count). The number of terminal acetylenes is 1. The van der Waals surface area contributed by atoms with Gasteiger partial charge < -0.3 is 29.4 Å². The first-order valence-corrected chi connectivity index (χ1v) is 11.7. The summed E-state index contributed by atoms with van der Waals surface area (Å²) < 4.78 is 21.8. The number of aromatic carboxylic acids is 1. The monoisotopic (exact) mass is 515 g/mol. The van der Waals surface area contributed by atoms with Crippen molar-refractivity contribution in [1.82, 2.24) is 9.97 Å². The lowest BCUT2D eigenvalue weighted by Gasteiger charge is -2.15. The number of nitrogens with zero attached hydrogens (tertiary/aromatic N) is 2. The van der Waals surface area contributed by atoms with Gasteiger partial charge >= 0.3 is 5.97 Å². The maximum Gasteiger partial charge on any atom is 0.335 e. The van der Waals surface area contributed by atoms with Crippen molar-refractivity contribution in [2.24, 2.45) is 0 Å². The number of nitrogens with one attached hydrogen (secondary N) is 1. The van der Waals surface area contributed by atoms with Crippen molar-refractivity contribution in [1.29, 1.82) is 0 Å². The Kier molecular flexibility index (Phi) is 10.9. The second-order valence-electron chi connectivity index (χ2n) is 7.74. The van der Waals surface area contributed by atoms with Crippen molar-refractivity contribution in [3.05, 3.63) is 84.2 Å². The number of carboxylic acids is 1. The van der Waals surface area contributed by atoms with Crippen LogP contribution in [0.2, 0.25) is 0 Å². The molecule has 38 heavy (non-hydrogen) atoms. The van der Waals surface area contributed by atoms with Crippen LogP contribution in [0.1, 0.15) is 15.9 Å². The number of benzene rings is 3. The van der Waals surface area contributed by atoms with Crippen molar-refractivity contribution in [2.75, 3.05) is 46.0 Å². The zero-order valence-electron chi connectivity index (χ0n) is 21.2. The molecular weight excluding hydrogens is 486 g/mol. The fourth-order valence-electron chi connectivity index (χ4n) is 3.26. The summed E-state index contributed by atoms with van der Waals surface area (Å²) >= 11 is 0. The lowest BCUT2D eigenvalue weighted by molar-refractivity contribution is 0.0697. The molecule has 196 valence electrons. The van der Waals surface area contributed by atoms with Gasteiger partial charge in [-0.3, -0.25) is 0 Å². The highest BCUT2D eigenvalue weighted by Gasteiger charge is 2.13. The topological polar surface area (TPSA) is 112 Å². The number of carbonyl (C=O) groups is 1. The van der Waals surface area contributed by atoms with Crippen LogP contribution in [-0.2, 0) is 9.47 Å². The summed E-state index contributed by atoms with van der Waals surface area (Å²) in [6.45, 7) is 1.73. The molecule has 9 heteroatoms. The van der Waals surface area contributed by atoms with E-state index < -0.39 is 5.97 Å². The molecule has 0 amide bonds. The number of aromatic nitrogens is 2. The highest BCUT2D eigenvalue weighted by atomic mass is 16.5. The number of carboxylic acid groups (broad SMARTS) is 1. The van der Waals surface area contributed by atoms with Crippen LogP contribution in [0.5, 0.6) is 11.5 Å². The molecule has 2 N–H and O–H groups in total. The lowest BCUT2D eigenvalue weighted by Crippen LogP contribution is -2.09. The highest BCUT2D eigenvalue weighted by molar-refractivity contribution is 5.93. The zero-order chi connectivity index (χ0) is 27.2. The van der Waals surface area contributed by atoms with E-state index in [1.54, 1.807) is 44.6 Å². The minimum Gasteiger partial charge on any atom is -0.487 e. The van der Waals surface area contributed by atoms with E-state index in [2.05, 4.69) is 21.2 Å². The van der Waals surface area contributed by atoms with E-state index in [-0.39, 0.29) is 0 Å². The summed E-state index contributed by atoms with van der Waals surface area (Å²) in [5.74, 6) is 3.56. The van der Waals surface area contributed by atoms with Crippen molar-refractivity contribution in [3.8, 4) is 23.8 Å². The molecule has 0 aliphatic rings. The molecule has 0 saturated carbocycles. The Morgan fingerprint density at radius 3 is 2.18 bits per heavy atom. The van der Waals surface area contributed by atoms with Crippen LogP contribution in [-0.4, -0.2) is 61.7 Å². The van der Waals surface area contributed by atoms with E-state index >= 15 is 0 Å². The molecular formula is C29H29N3O6. The van der Waals surface area contributed by atoms with Crippen molar-refractivity contribution >= 4 is 28.4 Å². The molecule has 0 aliphatic heterocycles. The number of hydrogen-bond donors (Lipinski definition) is 2. The number of fused-ring (bicyclic) bond motifs is 1. The van der Waals surface area contributed by atoms with E-state index in [0.29, 0.717) is 49.3 Å². The Balaban J connectivity index is 0.000000375. The third-order valence-electron chi connectivity index (χ3n) is 5.10. The molecule has 4 aromatic rings. The third kappa shape index (κ3) is 8.20. The lowest BCUT2D eigenvalue weighted by atomic mass is 10.2. The van der Waals surface area contributed by atoms with Crippen molar-refractivity contribution in [2.45, 2.75) is 0 Å². The third-order valence-corrected chi connectivity index (χ3v) is 5.10. The van der Waals surface area contributed by atoms with Gasteiger partial charge in [-0.15, -0.1) is 6.42 Å². The summed E-state index contributed by atoms with van der Waals surface area (Å²) in [4.78, 5) is 19.0. The van der Waals surface area contributed by atoms with Gasteiger partial charge in [-0.25, -0.2) is 14.8 Å². The molecule has 1 aromatic heterocycles. The predicted molar refractivity (Wildman–Crippen MR) is 145 cm³/mol. The van der Waals surface area contributed by atoms with Crippen LogP contribution in [0.4, 0.5) is 11.5 Å². The first kappa shape index (κ1) is 27.9. The Labute approximate surface area is 221 Å². The maximum atomic E-state index is 10.2. The zero-order valence-corrected chi connectivity index (χ0v) is 21.2. The summed E-state index contributed by atoms with van der Waals surface area (Å²) in [6, 6.07) is 19.6. The Hall–Kier alpha value is -4.65. The molecule has 0 fully saturated rings. The van der Waals surface area contributed by atoms with E-state index in [9.17, 15) is 4.79 Å². The molecule has 3 aromatic carbocycles. The summed E-state index contributed by atoms with van der Waals surface area (Å²) in [5, 5.41) is 12.5. The first-order valence-electron chi connectivity index (χ1n) is 11.7. The summed E-state index contributed by atoms with van der Waals surface area (Å²) in [6.07, 6.45) is 6.99. The number of methoxy groups -OCH3 is 2. The van der Waals surface area contributed by atoms with Crippen LogP contribution in [0.15, 0.2) is 73.1 Å². The van der Waals surface area contributed by atoms with E-state index in [4.69, 9.17) is 30.5 Å². The van der Waals surface area contributed by atoms with Gasteiger partial charge in [0.1, 0.15) is 25.4 Å². The molecule has 0 unspecified atom stereocenters. The van der Waals surface area contributed by atoms with Crippen molar-refractivity contribution in [3.63, 3.8) is 0 Å². The molecule has 0 aliphatic carbocycles. The van der Waals surface area contributed by atoms with Gasteiger partial charge in [0, 0.05) is 36.9 Å². The second-order valence-corrected chi connectivity index (χ2v) is 7.74. The number of anilines is 2. The summed E-state index contributed by atoms with van der Waals surface area (Å²) in [7, 11) is 3.25. The van der Waals surface area contributed by atoms with E-state index in [1.165, 1.54) is 6.33 Å². The van der Waals surface area contributed by atoms with Gasteiger partial charge in [-0.2, -0.15) is 0 Å². The van der Waals surface area contributed by atoms with Gasteiger partial charge in [-0.1, -0.05) is 30.2 Å². The highest BCUT2D eigenvalue weighted by Crippen LogP contribution is 2.35. The first-order chi connectivity index (χ1) is 18.5. The van der Waals surface area contributed by atoms with Crippen LogP contribution >= 0.6 is 0 Å². The average molecular weight is 516 g/mol. The van der Waals surface area contributed by atoms with Gasteiger partial charge in [0.2, 0.25) is 0 Å². The largest absolute Gasteiger partial charge is 0.487 e. The fourth-order valence-corrected chi connectivity index (χ4v) is 3.26. The quantitative estimate of drug-likeness (QED) is 0.215. The molecule has 0 bridgehead atoms. The standard InChI is InChI=1S/C22H23N3O4.C7H6O2/c1-4-16-6-5-7-17(12-16)25-22-18-13-20(28-10-8-26-2)21(29-11-9-27-3)14-19(18)23-15-24-22;8-7(9)6-4-2-1-3-5-6/h1,5-7,12-15H,8-11H2,2-3H3,(H,23,24,25);1-5H,(H,8,9).